The van der Waals surface area contributed by atoms with Crippen molar-refractivity contribution in [3.63, 3.8) is 0 Å². The van der Waals surface area contributed by atoms with Gasteiger partial charge in [-0.05, 0) is 38.0 Å². The van der Waals surface area contributed by atoms with Crippen molar-refractivity contribution in [2.45, 2.75) is 32.9 Å². The van der Waals surface area contributed by atoms with Gasteiger partial charge in [-0.15, -0.1) is 22.7 Å². The van der Waals surface area contributed by atoms with E-state index in [9.17, 15) is 0 Å². The number of fused-ring (bicyclic) bond motifs is 2. The number of nitrogens with zero attached hydrogens (tertiary/aromatic N) is 2. The first kappa shape index (κ1) is 15.1. The summed E-state index contributed by atoms with van der Waals surface area (Å²) < 4.78 is 1.27. The predicted molar refractivity (Wildman–Crippen MR) is 102 cm³/mol. The lowest BCUT2D eigenvalue weighted by Crippen LogP contribution is -2.35. The summed E-state index contributed by atoms with van der Waals surface area (Å²) in [5.41, 5.74) is 3.96. The molecule has 1 aromatic carbocycles. The normalized spacial score (nSPS) is 15.3. The molecule has 0 unspecified atom stereocenters. The zero-order chi connectivity index (χ0) is 16.0. The maximum absolute atomic E-state index is 4.90. The highest BCUT2D eigenvalue weighted by Crippen LogP contribution is 2.45. The zero-order valence-electron chi connectivity index (χ0n) is 13.7. The fraction of sp³-hybridized carbons (Fsp3) is 0.389. The van der Waals surface area contributed by atoms with E-state index in [0.717, 1.165) is 30.0 Å². The van der Waals surface area contributed by atoms with Crippen molar-refractivity contribution < 1.29 is 0 Å². The Morgan fingerprint density at radius 1 is 1.22 bits per heavy atom. The zero-order valence-corrected chi connectivity index (χ0v) is 15.4. The van der Waals surface area contributed by atoms with Gasteiger partial charge >= 0.3 is 0 Å². The van der Waals surface area contributed by atoms with Crippen molar-refractivity contribution in [2.24, 2.45) is 0 Å². The second-order valence-corrected chi connectivity index (χ2v) is 8.39. The van der Waals surface area contributed by atoms with Gasteiger partial charge in [-0.25, -0.2) is 4.98 Å². The first-order chi connectivity index (χ1) is 11.2. The number of hydrogen-bond acceptors (Lipinski definition) is 5. The Hall–Kier alpha value is -1.43. The molecular weight excluding hydrogens is 322 g/mol. The smallest absolute Gasteiger partial charge is 0.127 e. The maximum Gasteiger partial charge on any atom is 0.127 e. The number of para-hydroxylation sites is 1. The Kier molecular flexibility index (Phi) is 3.87. The number of aromatic nitrogens is 1. The fourth-order valence-electron chi connectivity index (χ4n) is 3.25. The van der Waals surface area contributed by atoms with Crippen LogP contribution < -0.4 is 5.32 Å². The highest BCUT2D eigenvalue weighted by atomic mass is 32.1. The summed E-state index contributed by atoms with van der Waals surface area (Å²) in [6.07, 6.45) is 1.12. The quantitative estimate of drug-likeness (QED) is 0.738. The molecule has 0 fully saturated rings. The Balaban J connectivity index is 1.82. The number of nitrogens with one attached hydrogen (secondary N) is 1. The maximum atomic E-state index is 4.90. The predicted octanol–water partition coefficient (Wildman–Crippen LogP) is 4.83. The molecule has 3 nitrogen and oxygen atoms in total. The van der Waals surface area contributed by atoms with E-state index < -0.39 is 0 Å². The number of rotatable bonds is 3. The van der Waals surface area contributed by atoms with Crippen LogP contribution in [0.3, 0.4) is 0 Å². The van der Waals surface area contributed by atoms with Crippen LogP contribution in [0, 0.1) is 0 Å². The van der Waals surface area contributed by atoms with Gasteiger partial charge in [0.25, 0.3) is 0 Å². The number of thiophene rings is 1. The highest BCUT2D eigenvalue weighted by molar-refractivity contribution is 7.22. The van der Waals surface area contributed by atoms with Gasteiger partial charge in [-0.1, -0.05) is 12.1 Å². The average Bonchev–Trinajstić information content (AvgIpc) is 3.14. The van der Waals surface area contributed by atoms with Crippen LogP contribution in [-0.4, -0.2) is 29.5 Å². The van der Waals surface area contributed by atoms with Gasteiger partial charge in [0.15, 0.2) is 0 Å². The molecule has 3 aromatic rings. The van der Waals surface area contributed by atoms with E-state index in [1.807, 2.05) is 18.4 Å². The van der Waals surface area contributed by atoms with E-state index in [-0.39, 0.29) is 0 Å². The molecule has 0 atom stereocenters. The summed E-state index contributed by atoms with van der Waals surface area (Å²) in [5, 5.41) is 5.83. The molecule has 1 aliphatic heterocycles. The summed E-state index contributed by atoms with van der Waals surface area (Å²) in [4.78, 5) is 8.96. The lowest BCUT2D eigenvalue weighted by Gasteiger charge is -2.30. The number of hydrogen-bond donors (Lipinski definition) is 1. The van der Waals surface area contributed by atoms with E-state index in [1.165, 1.54) is 25.7 Å². The molecule has 5 heteroatoms. The first-order valence-corrected chi connectivity index (χ1v) is 9.73. The number of benzene rings is 1. The van der Waals surface area contributed by atoms with Gasteiger partial charge in [0.1, 0.15) is 5.01 Å². The van der Waals surface area contributed by atoms with Crippen molar-refractivity contribution in [1.29, 1.82) is 0 Å². The van der Waals surface area contributed by atoms with Crippen LogP contribution >= 0.6 is 22.7 Å². The molecule has 2 aromatic heterocycles. The molecule has 0 spiro atoms. The summed E-state index contributed by atoms with van der Waals surface area (Å²) in [5.74, 6) is 0. The minimum atomic E-state index is 0.606. The molecule has 0 saturated carbocycles. The molecule has 1 aliphatic rings. The lowest BCUT2D eigenvalue weighted by molar-refractivity contribution is 0.206. The number of thiazole rings is 1. The molecule has 4 rings (SSSR count). The molecule has 0 amide bonds. The summed E-state index contributed by atoms with van der Waals surface area (Å²) in [6, 6.07) is 9.03. The number of anilines is 1. The summed E-state index contributed by atoms with van der Waals surface area (Å²) >= 11 is 3.71. The van der Waals surface area contributed by atoms with Gasteiger partial charge in [0, 0.05) is 36.6 Å². The molecule has 0 bridgehead atoms. The highest BCUT2D eigenvalue weighted by Gasteiger charge is 2.27. The average molecular weight is 344 g/mol. The Bertz CT molecular complexity index is 814. The third-order valence-corrected chi connectivity index (χ3v) is 6.84. The summed E-state index contributed by atoms with van der Waals surface area (Å²) in [6.45, 7) is 6.78. The van der Waals surface area contributed by atoms with Crippen LogP contribution in [0.2, 0.25) is 0 Å². The monoisotopic (exact) mass is 343 g/mol. The Labute approximate surface area is 145 Å². The minimum absolute atomic E-state index is 0.606. The molecule has 3 heterocycles. The third kappa shape index (κ3) is 2.57. The molecule has 1 N–H and O–H groups in total. The molecule has 0 saturated heterocycles. The fourth-order valence-corrected chi connectivity index (χ4v) is 5.58. The Morgan fingerprint density at radius 2 is 2.04 bits per heavy atom. The molecule has 0 aliphatic carbocycles. The van der Waals surface area contributed by atoms with Crippen LogP contribution in [-0.2, 0) is 13.0 Å². The second kappa shape index (κ2) is 5.89. The Morgan fingerprint density at radius 3 is 2.78 bits per heavy atom. The first-order valence-electron chi connectivity index (χ1n) is 8.09. The van der Waals surface area contributed by atoms with Gasteiger partial charge in [-0.3, -0.25) is 4.90 Å². The summed E-state index contributed by atoms with van der Waals surface area (Å²) in [7, 11) is 2.02. The standard InChI is InChI=1S/C18H21N3S2/c1-11(2)21-9-8-12-15(10-21)23-17(19-3)16(12)18-20-13-6-4-5-7-14(13)22-18/h4-7,11,19H,8-10H2,1-3H3. The SMILES string of the molecule is CNc1sc2c(c1-c1nc3ccccc3s1)CCN(C(C)C)C2. The van der Waals surface area contributed by atoms with E-state index in [0.29, 0.717) is 6.04 Å². The lowest BCUT2D eigenvalue weighted by atomic mass is 10.0. The minimum Gasteiger partial charge on any atom is -0.379 e. The van der Waals surface area contributed by atoms with Crippen LogP contribution in [0.4, 0.5) is 5.00 Å². The van der Waals surface area contributed by atoms with E-state index >= 15 is 0 Å². The van der Waals surface area contributed by atoms with Crippen LogP contribution in [0.5, 0.6) is 0 Å². The topological polar surface area (TPSA) is 28.2 Å². The van der Waals surface area contributed by atoms with Crippen molar-refractivity contribution in [2.75, 3.05) is 18.9 Å². The van der Waals surface area contributed by atoms with Gasteiger partial charge in [0.2, 0.25) is 0 Å². The van der Waals surface area contributed by atoms with E-state index in [4.69, 9.17) is 4.98 Å². The van der Waals surface area contributed by atoms with Crippen molar-refractivity contribution >= 4 is 37.9 Å². The molecule has 23 heavy (non-hydrogen) atoms. The van der Waals surface area contributed by atoms with E-state index in [2.05, 4.69) is 48.3 Å². The largest absolute Gasteiger partial charge is 0.379 e. The van der Waals surface area contributed by atoms with Crippen LogP contribution in [0.15, 0.2) is 24.3 Å². The van der Waals surface area contributed by atoms with Gasteiger partial charge < -0.3 is 5.32 Å². The van der Waals surface area contributed by atoms with Crippen LogP contribution in [0.25, 0.3) is 20.8 Å². The van der Waals surface area contributed by atoms with Gasteiger partial charge in [0.05, 0.1) is 15.2 Å². The van der Waals surface area contributed by atoms with Crippen LogP contribution in [0.1, 0.15) is 24.3 Å². The second-order valence-electron chi connectivity index (χ2n) is 6.26. The van der Waals surface area contributed by atoms with Crippen molar-refractivity contribution in [1.82, 2.24) is 9.88 Å². The molecular formula is C18H21N3S2. The van der Waals surface area contributed by atoms with Crippen molar-refractivity contribution in [3.05, 3.63) is 34.7 Å². The molecule has 0 radical (unpaired) electrons. The van der Waals surface area contributed by atoms with Crippen molar-refractivity contribution in [3.8, 4) is 10.6 Å². The van der Waals surface area contributed by atoms with E-state index in [1.54, 1.807) is 11.3 Å². The third-order valence-electron chi connectivity index (χ3n) is 4.55. The molecule has 120 valence electrons. The van der Waals surface area contributed by atoms with Gasteiger partial charge in [-0.2, -0.15) is 0 Å².